The van der Waals surface area contributed by atoms with Crippen LogP contribution in [0, 0.1) is 18.6 Å². The van der Waals surface area contributed by atoms with Gasteiger partial charge in [0.05, 0.1) is 17.9 Å². The zero-order chi connectivity index (χ0) is 20.0. The molecule has 2 aromatic carbocycles. The highest BCUT2D eigenvalue weighted by Crippen LogP contribution is 2.32. The Morgan fingerprint density at radius 1 is 0.966 bits per heavy atom. The van der Waals surface area contributed by atoms with Crippen LogP contribution in [0.1, 0.15) is 18.4 Å². The lowest BCUT2D eigenvalue weighted by molar-refractivity contribution is 0.0305. The fourth-order valence-corrected chi connectivity index (χ4v) is 4.09. The summed E-state index contributed by atoms with van der Waals surface area (Å²) in [6.07, 6.45) is 4.30. The van der Waals surface area contributed by atoms with E-state index in [2.05, 4.69) is 32.4 Å². The molecule has 150 valence electrons. The van der Waals surface area contributed by atoms with E-state index >= 15 is 0 Å². The van der Waals surface area contributed by atoms with Gasteiger partial charge in [-0.05, 0) is 55.7 Å². The number of benzene rings is 2. The minimum atomic E-state index is -0.659. The molecule has 29 heavy (non-hydrogen) atoms. The highest BCUT2D eigenvalue weighted by molar-refractivity contribution is 5.64. The van der Waals surface area contributed by atoms with Crippen molar-refractivity contribution < 1.29 is 13.5 Å². The van der Waals surface area contributed by atoms with Gasteiger partial charge in [0, 0.05) is 30.5 Å². The summed E-state index contributed by atoms with van der Waals surface area (Å²) in [5.74, 6) is -0.964. The predicted octanol–water partition coefficient (Wildman–Crippen LogP) is 3.97. The van der Waals surface area contributed by atoms with Crippen LogP contribution in [-0.4, -0.2) is 40.1 Å². The maximum Gasteiger partial charge on any atom is 0.246 e. The number of hydrogen-bond donors (Lipinski definition) is 1. The van der Waals surface area contributed by atoms with Crippen LogP contribution in [0.4, 0.5) is 26.1 Å². The third-order valence-electron chi connectivity index (χ3n) is 5.33. The molecule has 3 aromatic rings. The van der Waals surface area contributed by atoms with E-state index in [1.165, 1.54) is 23.1 Å². The number of nitrogens with one attached hydrogen (secondary N) is 1. The highest BCUT2D eigenvalue weighted by Gasteiger charge is 2.33. The Bertz CT molecular complexity index is 1020. The zero-order valence-electron chi connectivity index (χ0n) is 16.0. The molecule has 5 rings (SSSR count). The number of nitrogens with zero attached hydrogens (tertiary/aromatic N) is 4. The Morgan fingerprint density at radius 3 is 2.41 bits per heavy atom. The lowest BCUT2D eigenvalue weighted by atomic mass is 10.1. The molecular weight excluding hydrogens is 376 g/mol. The molecule has 0 saturated carbocycles. The topological polar surface area (TPSA) is 55.2 Å². The molecule has 0 aliphatic carbocycles. The standard InChI is InChI=1S/C21H21F2N5O/c1-13-4-16(9-17(5-13)27-10-19-2-3-20(11-27)29-19)25-21-24-12-28(26-21)18-7-14(22)6-15(23)8-18/h4-9,12,19-20H,2-3,10-11H2,1H3,(H,25,26). The smallest absolute Gasteiger partial charge is 0.246 e. The van der Waals surface area contributed by atoms with Gasteiger partial charge in [-0.2, -0.15) is 4.98 Å². The van der Waals surface area contributed by atoms with E-state index in [1.54, 1.807) is 0 Å². The third kappa shape index (κ3) is 3.80. The van der Waals surface area contributed by atoms with Crippen molar-refractivity contribution in [1.29, 1.82) is 0 Å². The number of morpholine rings is 1. The van der Waals surface area contributed by atoms with Crippen LogP contribution in [0.5, 0.6) is 0 Å². The van der Waals surface area contributed by atoms with Crippen LogP contribution in [0.15, 0.2) is 42.7 Å². The number of anilines is 3. The largest absolute Gasteiger partial charge is 0.371 e. The first-order valence-electron chi connectivity index (χ1n) is 9.69. The molecule has 2 aliphatic heterocycles. The van der Waals surface area contributed by atoms with Crippen molar-refractivity contribution in [2.45, 2.75) is 32.0 Å². The second kappa shape index (κ2) is 7.11. The van der Waals surface area contributed by atoms with Crippen LogP contribution >= 0.6 is 0 Å². The van der Waals surface area contributed by atoms with Crippen LogP contribution < -0.4 is 10.2 Å². The molecule has 1 N–H and O–H groups in total. The Morgan fingerprint density at radius 2 is 1.69 bits per heavy atom. The Labute approximate surface area is 167 Å². The molecule has 2 fully saturated rings. The number of fused-ring (bicyclic) bond motifs is 2. The van der Waals surface area contributed by atoms with E-state index in [1.807, 2.05) is 13.0 Å². The van der Waals surface area contributed by atoms with E-state index in [4.69, 9.17) is 4.74 Å². The van der Waals surface area contributed by atoms with Gasteiger partial charge in [0.1, 0.15) is 18.0 Å². The monoisotopic (exact) mass is 397 g/mol. The Hall–Kier alpha value is -3.00. The first-order chi connectivity index (χ1) is 14.0. The van der Waals surface area contributed by atoms with Gasteiger partial charge in [-0.1, -0.05) is 0 Å². The summed E-state index contributed by atoms with van der Waals surface area (Å²) in [6.45, 7) is 3.85. The lowest BCUT2D eigenvalue weighted by Crippen LogP contribution is -2.42. The molecule has 0 radical (unpaired) electrons. The lowest BCUT2D eigenvalue weighted by Gasteiger charge is -2.34. The Balaban J connectivity index is 1.37. The molecule has 2 saturated heterocycles. The molecule has 1 aromatic heterocycles. The number of hydrogen-bond acceptors (Lipinski definition) is 5. The van der Waals surface area contributed by atoms with Gasteiger partial charge in [-0.15, -0.1) is 5.10 Å². The normalized spacial score (nSPS) is 20.9. The van der Waals surface area contributed by atoms with Gasteiger partial charge < -0.3 is 15.0 Å². The maximum absolute atomic E-state index is 13.5. The summed E-state index contributed by atoms with van der Waals surface area (Å²) in [4.78, 5) is 6.58. The highest BCUT2D eigenvalue weighted by atomic mass is 19.1. The number of ether oxygens (including phenoxy) is 1. The van der Waals surface area contributed by atoms with E-state index in [9.17, 15) is 8.78 Å². The molecule has 2 atom stereocenters. The van der Waals surface area contributed by atoms with Gasteiger partial charge in [0.25, 0.3) is 0 Å². The van der Waals surface area contributed by atoms with Crippen molar-refractivity contribution in [3.8, 4) is 5.69 Å². The van der Waals surface area contributed by atoms with Crippen LogP contribution in [0.3, 0.4) is 0 Å². The summed E-state index contributed by atoms with van der Waals surface area (Å²) in [7, 11) is 0. The maximum atomic E-state index is 13.5. The minimum Gasteiger partial charge on any atom is -0.371 e. The van der Waals surface area contributed by atoms with E-state index < -0.39 is 11.6 Å². The quantitative estimate of drug-likeness (QED) is 0.722. The fourth-order valence-electron chi connectivity index (χ4n) is 4.09. The van der Waals surface area contributed by atoms with Crippen molar-refractivity contribution in [2.24, 2.45) is 0 Å². The average Bonchev–Trinajstić information content (AvgIpc) is 3.26. The molecule has 0 spiro atoms. The first-order valence-corrected chi connectivity index (χ1v) is 9.69. The number of halogens is 2. The van der Waals surface area contributed by atoms with Crippen LogP contribution in [0.25, 0.3) is 5.69 Å². The second-order valence-electron chi connectivity index (χ2n) is 7.69. The van der Waals surface area contributed by atoms with Crippen molar-refractivity contribution >= 4 is 17.3 Å². The molecule has 0 amide bonds. The summed E-state index contributed by atoms with van der Waals surface area (Å²) >= 11 is 0. The van der Waals surface area contributed by atoms with Gasteiger partial charge in [0.2, 0.25) is 5.95 Å². The summed E-state index contributed by atoms with van der Waals surface area (Å²) in [5.41, 5.74) is 3.40. The number of aromatic nitrogens is 3. The van der Waals surface area contributed by atoms with Crippen molar-refractivity contribution in [2.75, 3.05) is 23.3 Å². The molecule has 2 unspecified atom stereocenters. The van der Waals surface area contributed by atoms with Crippen molar-refractivity contribution in [3.05, 3.63) is 59.9 Å². The van der Waals surface area contributed by atoms with Crippen LogP contribution in [0.2, 0.25) is 0 Å². The molecular formula is C21H21F2N5O. The molecule has 2 bridgehead atoms. The third-order valence-corrected chi connectivity index (χ3v) is 5.33. The van der Waals surface area contributed by atoms with Gasteiger partial charge in [-0.25, -0.2) is 13.5 Å². The van der Waals surface area contributed by atoms with Gasteiger partial charge in [0.15, 0.2) is 0 Å². The van der Waals surface area contributed by atoms with E-state index in [0.717, 1.165) is 48.9 Å². The molecule has 8 heteroatoms. The molecule has 2 aliphatic rings. The summed E-state index contributed by atoms with van der Waals surface area (Å²) < 4.78 is 34.2. The van der Waals surface area contributed by atoms with Gasteiger partial charge in [-0.3, -0.25) is 0 Å². The Kier molecular flexibility index (Phi) is 4.43. The predicted molar refractivity (Wildman–Crippen MR) is 106 cm³/mol. The van der Waals surface area contributed by atoms with Gasteiger partial charge >= 0.3 is 0 Å². The second-order valence-corrected chi connectivity index (χ2v) is 7.69. The number of aryl methyl sites for hydroxylation is 1. The SMILES string of the molecule is Cc1cc(Nc2ncn(-c3cc(F)cc(F)c3)n2)cc(N2CC3CCC(C2)O3)c1. The van der Waals surface area contributed by atoms with E-state index in [-0.39, 0.29) is 5.69 Å². The first kappa shape index (κ1) is 18.1. The molecule has 3 heterocycles. The number of rotatable bonds is 4. The summed E-state index contributed by atoms with van der Waals surface area (Å²) in [6, 6.07) is 9.49. The molecule has 6 nitrogen and oxygen atoms in total. The van der Waals surface area contributed by atoms with Crippen LogP contribution in [-0.2, 0) is 4.74 Å². The minimum absolute atomic E-state index is 0.275. The van der Waals surface area contributed by atoms with E-state index in [0.29, 0.717) is 18.2 Å². The van der Waals surface area contributed by atoms with Crippen molar-refractivity contribution in [3.63, 3.8) is 0 Å². The van der Waals surface area contributed by atoms with Crippen molar-refractivity contribution in [1.82, 2.24) is 14.8 Å². The summed E-state index contributed by atoms with van der Waals surface area (Å²) in [5, 5.41) is 7.48. The zero-order valence-corrected chi connectivity index (χ0v) is 16.0. The average molecular weight is 397 g/mol. The fraction of sp³-hybridized carbons (Fsp3) is 0.333.